The van der Waals surface area contributed by atoms with Crippen LogP contribution in [0.1, 0.15) is 26.2 Å². The van der Waals surface area contributed by atoms with Crippen LogP contribution in [-0.4, -0.2) is 25.5 Å². The van der Waals surface area contributed by atoms with Crippen LogP contribution < -0.4 is 5.32 Å². The molecule has 0 aliphatic rings. The zero-order valence-corrected chi connectivity index (χ0v) is 21.1. The van der Waals surface area contributed by atoms with E-state index in [0.29, 0.717) is 23.6 Å². The molecule has 1 heterocycles. The molecule has 4 aromatic rings. The summed E-state index contributed by atoms with van der Waals surface area (Å²) in [6.07, 6.45) is 5.01. The average molecular weight is 532 g/mol. The first-order valence-corrected chi connectivity index (χ1v) is 13.2. The number of carboxylic acid groups (broad SMARTS) is 1. The Hall–Kier alpha value is -3.00. The standard InChI is InChI=1S/C26H23Cl2NO5S/c1-2-3-4-24(26(30)31)29-23-8-6-17-11-16(18-9-10-34-15-18)5-7-22(17)25(23)35(32,33)21-13-19(27)12-20(28)14-21/h5-15,24,29H,2-4H2,1H3,(H,30,31). The van der Waals surface area contributed by atoms with Crippen molar-refractivity contribution in [2.24, 2.45) is 0 Å². The fraction of sp³-hybridized carbons (Fsp3) is 0.192. The Bertz CT molecular complexity index is 1460. The highest BCUT2D eigenvalue weighted by Crippen LogP contribution is 2.38. The van der Waals surface area contributed by atoms with Gasteiger partial charge in [-0.2, -0.15) is 0 Å². The van der Waals surface area contributed by atoms with Crippen molar-refractivity contribution in [1.82, 2.24) is 0 Å². The van der Waals surface area contributed by atoms with E-state index in [4.69, 9.17) is 27.6 Å². The first-order valence-electron chi connectivity index (χ1n) is 11.0. The highest BCUT2D eigenvalue weighted by Gasteiger charge is 2.28. The molecule has 4 rings (SSSR count). The lowest BCUT2D eigenvalue weighted by atomic mass is 10.0. The summed E-state index contributed by atoms with van der Waals surface area (Å²) >= 11 is 12.2. The number of aliphatic carboxylic acids is 1. The Morgan fingerprint density at radius 1 is 1.03 bits per heavy atom. The average Bonchev–Trinajstić information content (AvgIpc) is 3.35. The largest absolute Gasteiger partial charge is 0.480 e. The summed E-state index contributed by atoms with van der Waals surface area (Å²) in [5, 5.41) is 14.2. The molecule has 0 fully saturated rings. The van der Waals surface area contributed by atoms with Crippen LogP contribution in [0.25, 0.3) is 21.9 Å². The van der Waals surface area contributed by atoms with E-state index < -0.39 is 21.8 Å². The molecule has 6 nitrogen and oxygen atoms in total. The normalized spacial score (nSPS) is 12.5. The predicted molar refractivity (Wildman–Crippen MR) is 138 cm³/mol. The molecule has 0 aliphatic heterocycles. The molecule has 0 spiro atoms. The van der Waals surface area contributed by atoms with Crippen molar-refractivity contribution in [1.29, 1.82) is 0 Å². The molecule has 3 aromatic carbocycles. The maximum Gasteiger partial charge on any atom is 0.326 e. The number of rotatable bonds is 9. The second-order valence-electron chi connectivity index (χ2n) is 8.18. The van der Waals surface area contributed by atoms with Gasteiger partial charge in [-0.05, 0) is 53.8 Å². The minimum atomic E-state index is -4.14. The molecule has 0 aliphatic carbocycles. The lowest BCUT2D eigenvalue weighted by Crippen LogP contribution is -2.30. The first kappa shape index (κ1) is 25.1. The van der Waals surface area contributed by atoms with Gasteiger partial charge in [-0.3, -0.25) is 0 Å². The number of nitrogens with one attached hydrogen (secondary N) is 1. The van der Waals surface area contributed by atoms with Crippen LogP contribution >= 0.6 is 23.2 Å². The van der Waals surface area contributed by atoms with Gasteiger partial charge in [0.05, 0.1) is 23.1 Å². The Balaban J connectivity index is 1.94. The van der Waals surface area contributed by atoms with Crippen molar-refractivity contribution >= 4 is 55.5 Å². The highest BCUT2D eigenvalue weighted by atomic mass is 35.5. The van der Waals surface area contributed by atoms with Gasteiger partial charge in [0.15, 0.2) is 0 Å². The quantitative estimate of drug-likeness (QED) is 0.235. The molecule has 35 heavy (non-hydrogen) atoms. The second kappa shape index (κ2) is 10.3. The summed E-state index contributed by atoms with van der Waals surface area (Å²) in [6.45, 7) is 1.96. The van der Waals surface area contributed by atoms with Crippen molar-refractivity contribution in [3.63, 3.8) is 0 Å². The van der Waals surface area contributed by atoms with Gasteiger partial charge >= 0.3 is 5.97 Å². The zero-order valence-electron chi connectivity index (χ0n) is 18.8. The molecule has 1 atom stereocenters. The van der Waals surface area contributed by atoms with E-state index in [-0.39, 0.29) is 25.5 Å². The van der Waals surface area contributed by atoms with Crippen LogP contribution in [0.2, 0.25) is 10.0 Å². The third-order valence-electron chi connectivity index (χ3n) is 5.71. The SMILES string of the molecule is CCCCC(Nc1ccc2cc(-c3ccoc3)ccc2c1S(=O)(=O)c1cc(Cl)cc(Cl)c1)C(=O)O. The molecule has 2 N–H and O–H groups in total. The van der Waals surface area contributed by atoms with Crippen LogP contribution in [0.5, 0.6) is 0 Å². The molecule has 1 unspecified atom stereocenters. The molecule has 0 radical (unpaired) electrons. The molecular weight excluding hydrogens is 509 g/mol. The lowest BCUT2D eigenvalue weighted by molar-refractivity contribution is -0.138. The summed E-state index contributed by atoms with van der Waals surface area (Å²) < 4.78 is 33.0. The summed E-state index contributed by atoms with van der Waals surface area (Å²) in [6, 6.07) is 13.7. The minimum Gasteiger partial charge on any atom is -0.480 e. The van der Waals surface area contributed by atoms with Gasteiger partial charge in [0.1, 0.15) is 10.9 Å². The maximum absolute atomic E-state index is 13.9. The number of halogens is 2. The van der Waals surface area contributed by atoms with Gasteiger partial charge in [-0.1, -0.05) is 61.2 Å². The molecular formula is C26H23Cl2NO5S. The summed E-state index contributed by atoms with van der Waals surface area (Å²) in [4.78, 5) is 11.8. The maximum atomic E-state index is 13.9. The number of sulfone groups is 1. The topological polar surface area (TPSA) is 96.6 Å². The number of fused-ring (bicyclic) bond motifs is 1. The first-order chi connectivity index (χ1) is 16.7. The van der Waals surface area contributed by atoms with E-state index in [1.165, 1.54) is 18.2 Å². The van der Waals surface area contributed by atoms with E-state index >= 15 is 0 Å². The monoisotopic (exact) mass is 531 g/mol. The third kappa shape index (κ3) is 5.32. The van der Waals surface area contributed by atoms with E-state index in [9.17, 15) is 18.3 Å². The van der Waals surface area contributed by atoms with Gasteiger partial charge in [0, 0.05) is 21.0 Å². The molecule has 0 amide bonds. The number of carboxylic acids is 1. The van der Waals surface area contributed by atoms with Gasteiger partial charge in [-0.25, -0.2) is 13.2 Å². The zero-order chi connectivity index (χ0) is 25.2. The number of carbonyl (C=O) groups is 1. The Labute approximate surface area is 213 Å². The number of hydrogen-bond donors (Lipinski definition) is 2. The molecule has 1 aromatic heterocycles. The number of unbranched alkanes of at least 4 members (excludes halogenated alkanes) is 1. The fourth-order valence-electron chi connectivity index (χ4n) is 3.97. The van der Waals surface area contributed by atoms with Gasteiger partial charge in [0.2, 0.25) is 9.84 Å². The van der Waals surface area contributed by atoms with Crippen LogP contribution in [0, 0.1) is 0 Å². The smallest absolute Gasteiger partial charge is 0.326 e. The van der Waals surface area contributed by atoms with Crippen molar-refractivity contribution in [3.05, 3.63) is 77.2 Å². The Kier molecular flexibility index (Phi) is 7.40. The van der Waals surface area contributed by atoms with Crippen LogP contribution in [0.3, 0.4) is 0 Å². The molecule has 9 heteroatoms. The fourth-order valence-corrected chi connectivity index (χ4v) is 6.31. The van der Waals surface area contributed by atoms with Gasteiger partial charge in [0.25, 0.3) is 0 Å². The Morgan fingerprint density at radius 3 is 2.40 bits per heavy atom. The minimum absolute atomic E-state index is 0.0326. The summed E-state index contributed by atoms with van der Waals surface area (Å²) in [7, 11) is -4.14. The molecule has 0 saturated heterocycles. The highest BCUT2D eigenvalue weighted by molar-refractivity contribution is 7.92. The Morgan fingerprint density at radius 2 is 1.77 bits per heavy atom. The predicted octanol–water partition coefficient (Wildman–Crippen LogP) is 7.29. The molecule has 0 bridgehead atoms. The van der Waals surface area contributed by atoms with Crippen LogP contribution in [0.15, 0.2) is 81.3 Å². The van der Waals surface area contributed by atoms with Crippen LogP contribution in [0.4, 0.5) is 5.69 Å². The van der Waals surface area contributed by atoms with Crippen molar-refractivity contribution in [2.75, 3.05) is 5.32 Å². The summed E-state index contributed by atoms with van der Waals surface area (Å²) in [5.41, 5.74) is 1.91. The second-order valence-corrected chi connectivity index (χ2v) is 10.9. The van der Waals surface area contributed by atoms with Crippen LogP contribution in [-0.2, 0) is 14.6 Å². The number of benzene rings is 3. The van der Waals surface area contributed by atoms with Crippen molar-refractivity contribution in [3.8, 4) is 11.1 Å². The molecule has 182 valence electrons. The number of hydrogen-bond acceptors (Lipinski definition) is 5. The number of furan rings is 1. The van der Waals surface area contributed by atoms with Gasteiger partial charge in [-0.15, -0.1) is 0 Å². The van der Waals surface area contributed by atoms with E-state index in [0.717, 1.165) is 17.5 Å². The summed E-state index contributed by atoms with van der Waals surface area (Å²) in [5.74, 6) is -1.05. The lowest BCUT2D eigenvalue weighted by Gasteiger charge is -2.20. The number of anilines is 1. The van der Waals surface area contributed by atoms with E-state index in [1.54, 1.807) is 36.8 Å². The van der Waals surface area contributed by atoms with E-state index in [1.807, 2.05) is 19.1 Å². The van der Waals surface area contributed by atoms with E-state index in [2.05, 4.69) is 5.32 Å². The molecule has 0 saturated carbocycles. The van der Waals surface area contributed by atoms with Gasteiger partial charge < -0.3 is 14.8 Å². The van der Waals surface area contributed by atoms with Crippen molar-refractivity contribution < 1.29 is 22.7 Å². The third-order valence-corrected chi connectivity index (χ3v) is 7.98. The van der Waals surface area contributed by atoms with Crippen molar-refractivity contribution in [2.45, 2.75) is 42.0 Å².